The second-order valence-corrected chi connectivity index (χ2v) is 4.49. The van der Waals surface area contributed by atoms with Gasteiger partial charge in [0.2, 0.25) is 0 Å². The molecule has 1 aliphatic rings. The van der Waals surface area contributed by atoms with E-state index in [4.69, 9.17) is 9.90 Å². The lowest BCUT2D eigenvalue weighted by Crippen LogP contribution is -2.29. The average Bonchev–Trinajstić information content (AvgIpc) is 2.39. The van der Waals surface area contributed by atoms with Crippen LogP contribution in [0.3, 0.4) is 0 Å². The summed E-state index contributed by atoms with van der Waals surface area (Å²) in [5, 5.41) is 10.5. The fourth-order valence-electron chi connectivity index (χ4n) is 1.78. The molecule has 0 saturated carbocycles. The van der Waals surface area contributed by atoms with E-state index in [1.165, 1.54) is 17.7 Å². The summed E-state index contributed by atoms with van der Waals surface area (Å²) in [4.78, 5) is 8.90. The Morgan fingerprint density at radius 2 is 1.81 bits per heavy atom. The lowest BCUT2D eigenvalue weighted by molar-refractivity contribution is -0.192. The van der Waals surface area contributed by atoms with E-state index in [-0.39, 0.29) is 5.82 Å². The van der Waals surface area contributed by atoms with Crippen molar-refractivity contribution in [2.24, 2.45) is 0 Å². The Bertz CT molecular complexity index is 509. The molecule has 3 nitrogen and oxygen atoms in total. The highest BCUT2D eigenvalue weighted by Gasteiger charge is 2.38. The molecule has 116 valence electrons. The summed E-state index contributed by atoms with van der Waals surface area (Å²) in [6, 6.07) is 7.15. The van der Waals surface area contributed by atoms with E-state index >= 15 is 0 Å². The van der Waals surface area contributed by atoms with Gasteiger partial charge in [-0.2, -0.15) is 13.2 Å². The van der Waals surface area contributed by atoms with Gasteiger partial charge in [0.05, 0.1) is 0 Å². The molecular formula is C14H15F4NO2. The minimum Gasteiger partial charge on any atom is -0.475 e. The molecule has 0 bridgehead atoms. The van der Waals surface area contributed by atoms with Crippen molar-refractivity contribution in [2.45, 2.75) is 25.6 Å². The fourth-order valence-corrected chi connectivity index (χ4v) is 1.78. The Labute approximate surface area is 119 Å². The average molecular weight is 305 g/mol. The summed E-state index contributed by atoms with van der Waals surface area (Å²) < 4.78 is 44.4. The van der Waals surface area contributed by atoms with Crippen LogP contribution in [0.2, 0.25) is 0 Å². The van der Waals surface area contributed by atoms with Crippen LogP contribution in [0, 0.1) is 5.82 Å². The van der Waals surface area contributed by atoms with Gasteiger partial charge in [0.25, 0.3) is 0 Å². The summed E-state index contributed by atoms with van der Waals surface area (Å²) in [6.07, 6.45) is -1.85. The van der Waals surface area contributed by atoms with Gasteiger partial charge in [-0.15, -0.1) is 0 Å². The number of hydrogen-bond donors (Lipinski definition) is 2. The van der Waals surface area contributed by atoms with Gasteiger partial charge in [0.1, 0.15) is 5.82 Å². The van der Waals surface area contributed by atoms with Crippen molar-refractivity contribution >= 4 is 11.5 Å². The van der Waals surface area contributed by atoms with Crippen LogP contribution in [0.1, 0.15) is 18.9 Å². The number of carboxylic acids is 1. The lowest BCUT2D eigenvalue weighted by Gasteiger charge is -2.19. The summed E-state index contributed by atoms with van der Waals surface area (Å²) in [5.74, 6) is -2.93. The third kappa shape index (κ3) is 5.95. The molecule has 1 aromatic rings. The zero-order chi connectivity index (χ0) is 16.0. The quantitative estimate of drug-likeness (QED) is 0.783. The van der Waals surface area contributed by atoms with Crippen molar-refractivity contribution in [1.82, 2.24) is 5.32 Å². The van der Waals surface area contributed by atoms with E-state index in [9.17, 15) is 17.6 Å². The Kier molecular flexibility index (Phi) is 5.90. The number of carboxylic acid groups (broad SMARTS) is 1. The minimum absolute atomic E-state index is 0.170. The molecule has 0 fully saturated rings. The van der Waals surface area contributed by atoms with Crippen LogP contribution >= 0.6 is 0 Å². The van der Waals surface area contributed by atoms with Crippen LogP contribution in [0.5, 0.6) is 0 Å². The van der Waals surface area contributed by atoms with E-state index in [0.29, 0.717) is 6.04 Å². The minimum atomic E-state index is -5.08. The largest absolute Gasteiger partial charge is 0.490 e. The molecule has 0 spiro atoms. The summed E-state index contributed by atoms with van der Waals surface area (Å²) in [6.45, 7) is 3.13. The molecule has 0 amide bonds. The maximum atomic E-state index is 12.7. The normalized spacial score (nSPS) is 18.3. The highest BCUT2D eigenvalue weighted by molar-refractivity contribution is 5.73. The number of alkyl halides is 3. The first kappa shape index (κ1) is 17.2. The van der Waals surface area contributed by atoms with Gasteiger partial charge in [-0.05, 0) is 43.2 Å². The Balaban J connectivity index is 0.000000270. The van der Waals surface area contributed by atoms with Crippen LogP contribution in [0.15, 0.2) is 30.3 Å². The van der Waals surface area contributed by atoms with Gasteiger partial charge in [-0.1, -0.05) is 18.2 Å². The van der Waals surface area contributed by atoms with Crippen molar-refractivity contribution in [1.29, 1.82) is 0 Å². The zero-order valence-corrected chi connectivity index (χ0v) is 11.2. The van der Waals surface area contributed by atoms with Gasteiger partial charge >= 0.3 is 12.1 Å². The summed E-state index contributed by atoms with van der Waals surface area (Å²) in [7, 11) is 0. The number of carbonyl (C=O) groups is 1. The van der Waals surface area contributed by atoms with E-state index in [1.807, 2.05) is 12.1 Å². The predicted octanol–water partition coefficient (Wildman–Crippen LogP) is 3.22. The zero-order valence-electron chi connectivity index (χ0n) is 11.2. The van der Waals surface area contributed by atoms with Crippen LogP contribution < -0.4 is 5.32 Å². The van der Waals surface area contributed by atoms with Gasteiger partial charge < -0.3 is 10.4 Å². The molecule has 1 unspecified atom stereocenters. The molecule has 1 aliphatic heterocycles. The maximum Gasteiger partial charge on any atom is 0.490 e. The van der Waals surface area contributed by atoms with E-state index in [2.05, 4.69) is 18.3 Å². The molecule has 0 radical (unpaired) electrons. The molecule has 1 heterocycles. The van der Waals surface area contributed by atoms with E-state index in [1.54, 1.807) is 0 Å². The number of benzene rings is 1. The van der Waals surface area contributed by atoms with Crippen molar-refractivity contribution < 1.29 is 27.5 Å². The lowest BCUT2D eigenvalue weighted by atomic mass is 9.98. The number of nitrogens with one attached hydrogen (secondary N) is 1. The predicted molar refractivity (Wildman–Crippen MR) is 70.1 cm³/mol. The van der Waals surface area contributed by atoms with Crippen molar-refractivity contribution in [3.63, 3.8) is 0 Å². The highest BCUT2D eigenvalue weighted by atomic mass is 19.4. The molecule has 2 rings (SSSR count). The third-order valence-corrected chi connectivity index (χ3v) is 2.77. The van der Waals surface area contributed by atoms with Crippen LogP contribution in [0.4, 0.5) is 17.6 Å². The van der Waals surface area contributed by atoms with Gasteiger partial charge in [0.15, 0.2) is 0 Å². The number of halogens is 4. The first-order chi connectivity index (χ1) is 9.70. The second kappa shape index (κ2) is 7.21. The van der Waals surface area contributed by atoms with Gasteiger partial charge in [-0.3, -0.25) is 0 Å². The summed E-state index contributed by atoms with van der Waals surface area (Å²) in [5.41, 5.74) is 2.45. The molecular weight excluding hydrogens is 290 g/mol. The molecule has 1 aromatic carbocycles. The Morgan fingerprint density at radius 3 is 2.24 bits per heavy atom. The van der Waals surface area contributed by atoms with Gasteiger partial charge in [-0.25, -0.2) is 9.18 Å². The first-order valence-corrected chi connectivity index (χ1v) is 6.20. The van der Waals surface area contributed by atoms with E-state index < -0.39 is 12.1 Å². The van der Waals surface area contributed by atoms with Crippen LogP contribution in [-0.2, 0) is 4.79 Å². The molecule has 0 saturated heterocycles. The highest BCUT2D eigenvalue weighted by Crippen LogP contribution is 2.21. The molecule has 21 heavy (non-hydrogen) atoms. The molecule has 2 N–H and O–H groups in total. The maximum absolute atomic E-state index is 12.7. The molecule has 1 atom stereocenters. The molecule has 0 aliphatic carbocycles. The topological polar surface area (TPSA) is 49.3 Å². The Hall–Kier alpha value is -1.89. The number of rotatable bonds is 1. The monoisotopic (exact) mass is 305 g/mol. The smallest absolute Gasteiger partial charge is 0.475 e. The summed E-state index contributed by atoms with van der Waals surface area (Å²) >= 11 is 0. The van der Waals surface area contributed by atoms with Crippen molar-refractivity contribution in [2.75, 3.05) is 6.54 Å². The van der Waals surface area contributed by atoms with Crippen LogP contribution in [-0.4, -0.2) is 29.8 Å². The first-order valence-electron chi connectivity index (χ1n) is 6.20. The molecule has 7 heteroatoms. The van der Waals surface area contributed by atoms with Crippen molar-refractivity contribution in [3.05, 3.63) is 41.7 Å². The van der Waals surface area contributed by atoms with Crippen LogP contribution in [0.25, 0.3) is 5.57 Å². The number of hydrogen-bond acceptors (Lipinski definition) is 2. The molecule has 0 aromatic heterocycles. The Morgan fingerprint density at radius 1 is 1.29 bits per heavy atom. The van der Waals surface area contributed by atoms with Gasteiger partial charge in [0, 0.05) is 6.04 Å². The SMILES string of the molecule is CC1C=C(c2ccc(F)cc2)CCN1.O=C(O)C(F)(F)F. The number of aliphatic carboxylic acids is 1. The second-order valence-electron chi connectivity index (χ2n) is 4.49. The van der Waals surface area contributed by atoms with Crippen molar-refractivity contribution in [3.8, 4) is 0 Å². The standard InChI is InChI=1S/C12H14FN.C2HF3O2/c1-9-8-11(6-7-14-9)10-2-4-12(13)5-3-10;3-2(4,5)1(6)7/h2-5,8-9,14H,6-7H2,1H3;(H,6,7). The fraction of sp³-hybridized carbons (Fsp3) is 0.357. The third-order valence-electron chi connectivity index (χ3n) is 2.77. The van der Waals surface area contributed by atoms with E-state index in [0.717, 1.165) is 18.5 Å².